The van der Waals surface area contributed by atoms with Gasteiger partial charge in [0.25, 0.3) is 0 Å². The third kappa shape index (κ3) is 1.93. The third-order valence-electron chi connectivity index (χ3n) is 3.89. The summed E-state index contributed by atoms with van der Waals surface area (Å²) in [4.78, 5) is 12.5. The molecule has 0 aromatic heterocycles. The van der Waals surface area contributed by atoms with E-state index in [1.54, 1.807) is 0 Å². The molecular formula is C16H17NO. The van der Waals surface area contributed by atoms with Crippen LogP contribution in [0.2, 0.25) is 0 Å². The zero-order valence-electron chi connectivity index (χ0n) is 10.5. The summed E-state index contributed by atoms with van der Waals surface area (Å²) in [7, 11) is 0. The Kier molecular flexibility index (Phi) is 2.88. The number of hydrogen-bond acceptors (Lipinski definition) is 2. The first-order valence-electron chi connectivity index (χ1n) is 6.49. The van der Waals surface area contributed by atoms with Crippen LogP contribution in [0.25, 0.3) is 10.8 Å². The Morgan fingerprint density at radius 3 is 2.61 bits per heavy atom. The van der Waals surface area contributed by atoms with Crippen LogP contribution in [-0.2, 0) is 0 Å². The van der Waals surface area contributed by atoms with E-state index < -0.39 is 0 Å². The highest BCUT2D eigenvalue weighted by Gasteiger charge is 2.30. The maximum atomic E-state index is 12.5. The van der Waals surface area contributed by atoms with Crippen molar-refractivity contribution < 1.29 is 4.79 Å². The molecule has 1 aliphatic rings. The molecule has 2 aromatic rings. The number of rotatable bonds is 2. The van der Waals surface area contributed by atoms with Crippen LogP contribution in [0, 0.1) is 11.8 Å². The van der Waals surface area contributed by atoms with E-state index in [0.29, 0.717) is 5.92 Å². The molecule has 3 rings (SSSR count). The van der Waals surface area contributed by atoms with Crippen molar-refractivity contribution in [1.29, 1.82) is 0 Å². The lowest BCUT2D eigenvalue weighted by Crippen LogP contribution is -2.21. The summed E-state index contributed by atoms with van der Waals surface area (Å²) in [5, 5.41) is 5.62. The van der Waals surface area contributed by atoms with Crippen LogP contribution in [-0.4, -0.2) is 18.9 Å². The SMILES string of the molecule is CC1CNCC1C(=O)c1ccc2ccccc2c1. The van der Waals surface area contributed by atoms with Gasteiger partial charge in [-0.25, -0.2) is 0 Å². The van der Waals surface area contributed by atoms with Crippen molar-refractivity contribution >= 4 is 16.6 Å². The van der Waals surface area contributed by atoms with Gasteiger partial charge in [-0.3, -0.25) is 4.79 Å². The van der Waals surface area contributed by atoms with E-state index in [2.05, 4.69) is 24.4 Å². The molecule has 1 heterocycles. The highest BCUT2D eigenvalue weighted by atomic mass is 16.1. The summed E-state index contributed by atoms with van der Waals surface area (Å²) in [6.45, 7) is 3.90. The Labute approximate surface area is 107 Å². The van der Waals surface area contributed by atoms with Gasteiger partial charge < -0.3 is 5.32 Å². The van der Waals surface area contributed by atoms with Crippen molar-refractivity contribution in [1.82, 2.24) is 5.32 Å². The lowest BCUT2D eigenvalue weighted by molar-refractivity contribution is 0.0908. The minimum Gasteiger partial charge on any atom is -0.316 e. The number of nitrogens with one attached hydrogen (secondary N) is 1. The van der Waals surface area contributed by atoms with Crippen LogP contribution in [0.15, 0.2) is 42.5 Å². The molecule has 2 nitrogen and oxygen atoms in total. The standard InChI is InChI=1S/C16H17NO/c1-11-9-17-10-15(11)16(18)14-7-6-12-4-2-3-5-13(12)8-14/h2-8,11,15,17H,9-10H2,1H3. The molecule has 18 heavy (non-hydrogen) atoms. The van der Waals surface area contributed by atoms with Crippen molar-refractivity contribution in [2.24, 2.45) is 11.8 Å². The molecule has 2 heteroatoms. The van der Waals surface area contributed by atoms with Crippen LogP contribution in [0.5, 0.6) is 0 Å². The van der Waals surface area contributed by atoms with Gasteiger partial charge in [-0.15, -0.1) is 0 Å². The lowest BCUT2D eigenvalue weighted by Gasteiger charge is -2.13. The summed E-state index contributed by atoms with van der Waals surface area (Å²) < 4.78 is 0. The van der Waals surface area contributed by atoms with E-state index in [4.69, 9.17) is 0 Å². The first-order valence-corrected chi connectivity index (χ1v) is 6.49. The number of carbonyl (C=O) groups is 1. The molecule has 0 radical (unpaired) electrons. The molecule has 92 valence electrons. The fraction of sp³-hybridized carbons (Fsp3) is 0.312. The summed E-state index contributed by atoms with van der Waals surface area (Å²) in [6.07, 6.45) is 0. The monoisotopic (exact) mass is 239 g/mol. The maximum absolute atomic E-state index is 12.5. The Morgan fingerprint density at radius 1 is 1.11 bits per heavy atom. The number of fused-ring (bicyclic) bond motifs is 1. The zero-order chi connectivity index (χ0) is 12.5. The van der Waals surface area contributed by atoms with E-state index in [1.165, 1.54) is 5.39 Å². The summed E-state index contributed by atoms with van der Waals surface area (Å²) in [5.74, 6) is 0.841. The quantitative estimate of drug-likeness (QED) is 0.816. The molecule has 0 amide bonds. The van der Waals surface area contributed by atoms with E-state index >= 15 is 0 Å². The highest BCUT2D eigenvalue weighted by Crippen LogP contribution is 2.23. The minimum absolute atomic E-state index is 0.131. The average Bonchev–Trinajstić information content (AvgIpc) is 2.83. The second kappa shape index (κ2) is 4.54. The Bertz CT molecular complexity index is 590. The fourth-order valence-electron chi connectivity index (χ4n) is 2.72. The number of hydrogen-bond donors (Lipinski definition) is 1. The minimum atomic E-state index is 0.131. The third-order valence-corrected chi connectivity index (χ3v) is 3.89. The van der Waals surface area contributed by atoms with Crippen molar-refractivity contribution in [3.63, 3.8) is 0 Å². The van der Waals surface area contributed by atoms with Gasteiger partial charge in [-0.2, -0.15) is 0 Å². The first-order chi connectivity index (χ1) is 8.75. The second-order valence-electron chi connectivity index (χ2n) is 5.17. The average molecular weight is 239 g/mol. The number of Topliss-reactive ketones (excluding diaryl/α,β-unsaturated/α-hetero) is 1. The van der Waals surface area contributed by atoms with Gasteiger partial charge in [0.2, 0.25) is 0 Å². The van der Waals surface area contributed by atoms with Gasteiger partial charge in [0, 0.05) is 18.0 Å². The van der Waals surface area contributed by atoms with Crippen molar-refractivity contribution in [3.8, 4) is 0 Å². The molecular weight excluding hydrogens is 222 g/mol. The molecule has 1 saturated heterocycles. The predicted molar refractivity (Wildman–Crippen MR) is 73.8 cm³/mol. The van der Waals surface area contributed by atoms with Gasteiger partial charge >= 0.3 is 0 Å². The molecule has 0 saturated carbocycles. The first kappa shape index (κ1) is 11.4. The van der Waals surface area contributed by atoms with Crippen LogP contribution in [0.1, 0.15) is 17.3 Å². The van der Waals surface area contributed by atoms with Crippen LogP contribution < -0.4 is 5.32 Å². The van der Waals surface area contributed by atoms with Gasteiger partial charge in [-0.05, 0) is 29.3 Å². The predicted octanol–water partition coefficient (Wildman–Crippen LogP) is 2.88. The van der Waals surface area contributed by atoms with E-state index in [1.807, 2.05) is 30.3 Å². The Balaban J connectivity index is 1.96. The van der Waals surface area contributed by atoms with Crippen molar-refractivity contribution in [2.75, 3.05) is 13.1 Å². The van der Waals surface area contributed by atoms with Gasteiger partial charge in [0.1, 0.15) is 0 Å². The summed E-state index contributed by atoms with van der Waals surface area (Å²) in [5.41, 5.74) is 0.842. The Morgan fingerprint density at radius 2 is 1.89 bits per heavy atom. The van der Waals surface area contributed by atoms with E-state index in [9.17, 15) is 4.79 Å². The topological polar surface area (TPSA) is 29.1 Å². The van der Waals surface area contributed by atoms with Crippen LogP contribution >= 0.6 is 0 Å². The van der Waals surface area contributed by atoms with E-state index in [-0.39, 0.29) is 11.7 Å². The molecule has 2 atom stereocenters. The van der Waals surface area contributed by atoms with Gasteiger partial charge in [-0.1, -0.05) is 43.3 Å². The molecule has 0 spiro atoms. The molecule has 2 unspecified atom stereocenters. The highest BCUT2D eigenvalue weighted by molar-refractivity contribution is 6.01. The lowest BCUT2D eigenvalue weighted by atomic mass is 9.89. The normalized spacial score (nSPS) is 23.4. The molecule has 1 N–H and O–H groups in total. The Hall–Kier alpha value is -1.67. The molecule has 1 aliphatic heterocycles. The zero-order valence-corrected chi connectivity index (χ0v) is 10.5. The van der Waals surface area contributed by atoms with E-state index in [0.717, 1.165) is 24.0 Å². The molecule has 2 aromatic carbocycles. The second-order valence-corrected chi connectivity index (χ2v) is 5.17. The summed E-state index contributed by atoms with van der Waals surface area (Å²) >= 11 is 0. The van der Waals surface area contributed by atoms with Gasteiger partial charge in [0.15, 0.2) is 5.78 Å². The smallest absolute Gasteiger partial charge is 0.167 e. The number of ketones is 1. The molecule has 1 fully saturated rings. The maximum Gasteiger partial charge on any atom is 0.167 e. The fourth-order valence-corrected chi connectivity index (χ4v) is 2.72. The molecule has 0 bridgehead atoms. The van der Waals surface area contributed by atoms with Crippen molar-refractivity contribution in [2.45, 2.75) is 6.92 Å². The van der Waals surface area contributed by atoms with Crippen molar-refractivity contribution in [3.05, 3.63) is 48.0 Å². The molecule has 0 aliphatic carbocycles. The summed E-state index contributed by atoms with van der Waals surface area (Å²) in [6, 6.07) is 14.2. The largest absolute Gasteiger partial charge is 0.316 e. The number of benzene rings is 2. The number of carbonyl (C=O) groups excluding carboxylic acids is 1. The van der Waals surface area contributed by atoms with Crippen LogP contribution in [0.4, 0.5) is 0 Å². The van der Waals surface area contributed by atoms with Crippen LogP contribution in [0.3, 0.4) is 0 Å². The van der Waals surface area contributed by atoms with Gasteiger partial charge in [0.05, 0.1) is 0 Å².